The molecule has 2 heterocycles. The highest BCUT2D eigenvalue weighted by Crippen LogP contribution is 2.21. The van der Waals surface area contributed by atoms with Gasteiger partial charge in [0.05, 0.1) is 18.3 Å². The van der Waals surface area contributed by atoms with E-state index in [2.05, 4.69) is 10.00 Å². The molecule has 0 unspecified atom stereocenters. The number of nitrogens with zero attached hydrogens (tertiary/aromatic N) is 3. The average Bonchev–Trinajstić information content (AvgIpc) is 2.89. The summed E-state index contributed by atoms with van der Waals surface area (Å²) in [6.45, 7) is 2.28. The minimum atomic E-state index is -0.740. The molecule has 0 saturated heterocycles. The predicted molar refractivity (Wildman–Crippen MR) is 74.8 cm³/mol. The van der Waals surface area contributed by atoms with E-state index in [1.807, 2.05) is 41.2 Å². The molecule has 3 rings (SSSR count). The quantitative estimate of drug-likeness (QED) is 0.919. The van der Waals surface area contributed by atoms with Gasteiger partial charge in [0.1, 0.15) is 0 Å². The van der Waals surface area contributed by atoms with E-state index in [0.29, 0.717) is 6.54 Å². The van der Waals surface area contributed by atoms with E-state index in [1.165, 1.54) is 11.3 Å². The van der Waals surface area contributed by atoms with Crippen LogP contribution in [0.25, 0.3) is 5.69 Å². The fraction of sp³-hybridized carbons (Fsp3) is 0.333. The maximum atomic E-state index is 10.6. The Morgan fingerprint density at radius 3 is 2.85 bits per heavy atom. The van der Waals surface area contributed by atoms with Crippen LogP contribution in [-0.4, -0.2) is 38.8 Å². The Morgan fingerprint density at radius 1 is 1.30 bits per heavy atom. The van der Waals surface area contributed by atoms with Gasteiger partial charge in [-0.15, -0.1) is 0 Å². The first kappa shape index (κ1) is 12.9. The van der Waals surface area contributed by atoms with Crippen LogP contribution in [0, 0.1) is 0 Å². The van der Waals surface area contributed by atoms with Crippen LogP contribution < -0.4 is 0 Å². The van der Waals surface area contributed by atoms with Crippen LogP contribution in [0.2, 0.25) is 0 Å². The third kappa shape index (κ3) is 2.58. The van der Waals surface area contributed by atoms with Crippen LogP contribution in [0.3, 0.4) is 0 Å². The Bertz CT molecular complexity index is 607. The molecule has 2 aromatic rings. The van der Waals surface area contributed by atoms with Gasteiger partial charge in [-0.1, -0.05) is 18.2 Å². The van der Waals surface area contributed by atoms with Gasteiger partial charge in [0, 0.05) is 37.3 Å². The number of carboxylic acid groups (broad SMARTS) is 1. The number of hydrogen-bond donors (Lipinski definition) is 1. The average molecular weight is 271 g/mol. The molecule has 0 spiro atoms. The number of para-hydroxylation sites is 1. The fourth-order valence-corrected chi connectivity index (χ4v) is 2.63. The molecule has 0 atom stereocenters. The molecule has 5 nitrogen and oxygen atoms in total. The molecule has 0 aliphatic carbocycles. The summed E-state index contributed by atoms with van der Waals surface area (Å²) in [5.41, 5.74) is 3.51. The van der Waals surface area contributed by atoms with Crippen LogP contribution in [-0.2, 0) is 17.8 Å². The van der Waals surface area contributed by atoms with E-state index in [-0.39, 0.29) is 6.42 Å². The Kier molecular flexibility index (Phi) is 3.52. The first-order chi connectivity index (χ1) is 9.74. The standard InChI is InChI=1S/C15H17N3O2/c19-15(20)7-9-17-8-6-14-12(11-17)10-16-18(14)13-4-2-1-3-5-13/h1-5,10H,6-9,11H2,(H,19,20). The molecule has 1 aromatic heterocycles. The summed E-state index contributed by atoms with van der Waals surface area (Å²) in [7, 11) is 0. The maximum Gasteiger partial charge on any atom is 0.304 e. The van der Waals surface area contributed by atoms with Crippen LogP contribution in [0.15, 0.2) is 36.5 Å². The normalized spacial score (nSPS) is 15.0. The number of rotatable bonds is 4. The van der Waals surface area contributed by atoms with Crippen molar-refractivity contribution in [3.05, 3.63) is 47.8 Å². The van der Waals surface area contributed by atoms with Crippen molar-refractivity contribution in [3.63, 3.8) is 0 Å². The van der Waals surface area contributed by atoms with Gasteiger partial charge in [0.15, 0.2) is 0 Å². The summed E-state index contributed by atoms with van der Waals surface area (Å²) in [6.07, 6.45) is 3.00. The number of aromatic nitrogens is 2. The van der Waals surface area contributed by atoms with Crippen molar-refractivity contribution in [2.75, 3.05) is 13.1 Å². The van der Waals surface area contributed by atoms with Gasteiger partial charge in [0.2, 0.25) is 0 Å². The highest BCUT2D eigenvalue weighted by atomic mass is 16.4. The highest BCUT2D eigenvalue weighted by molar-refractivity contribution is 5.66. The molecule has 1 aliphatic heterocycles. The number of benzene rings is 1. The van der Waals surface area contributed by atoms with E-state index >= 15 is 0 Å². The molecule has 1 aliphatic rings. The van der Waals surface area contributed by atoms with Crippen molar-refractivity contribution < 1.29 is 9.90 Å². The largest absolute Gasteiger partial charge is 0.481 e. The molecular weight excluding hydrogens is 254 g/mol. The SMILES string of the molecule is O=C(O)CCN1CCc2c(cnn2-c2ccccc2)C1. The van der Waals surface area contributed by atoms with Crippen molar-refractivity contribution in [1.29, 1.82) is 0 Å². The maximum absolute atomic E-state index is 10.6. The molecule has 0 radical (unpaired) electrons. The molecule has 0 bridgehead atoms. The summed E-state index contributed by atoms with van der Waals surface area (Å²) in [6, 6.07) is 10.1. The molecule has 1 N–H and O–H groups in total. The van der Waals surface area contributed by atoms with E-state index < -0.39 is 5.97 Å². The lowest BCUT2D eigenvalue weighted by atomic mass is 10.1. The third-order valence-corrected chi connectivity index (χ3v) is 3.66. The second-order valence-corrected chi connectivity index (χ2v) is 5.03. The molecule has 104 valence electrons. The smallest absolute Gasteiger partial charge is 0.304 e. The molecule has 1 aromatic carbocycles. The van der Waals surface area contributed by atoms with Gasteiger partial charge in [0.25, 0.3) is 0 Å². The van der Waals surface area contributed by atoms with Crippen molar-refractivity contribution in [3.8, 4) is 5.69 Å². The van der Waals surface area contributed by atoms with E-state index in [4.69, 9.17) is 5.11 Å². The monoisotopic (exact) mass is 271 g/mol. The summed E-state index contributed by atoms with van der Waals surface area (Å²) in [5.74, 6) is -0.740. The Balaban J connectivity index is 1.77. The van der Waals surface area contributed by atoms with Crippen molar-refractivity contribution in [2.45, 2.75) is 19.4 Å². The summed E-state index contributed by atoms with van der Waals surface area (Å²) in [5, 5.41) is 13.2. The van der Waals surface area contributed by atoms with Crippen LogP contribution >= 0.6 is 0 Å². The molecule has 0 amide bonds. The number of carbonyl (C=O) groups is 1. The van der Waals surface area contributed by atoms with Gasteiger partial charge in [-0.25, -0.2) is 4.68 Å². The van der Waals surface area contributed by atoms with Gasteiger partial charge in [-0.2, -0.15) is 5.10 Å². The zero-order valence-electron chi connectivity index (χ0n) is 11.2. The zero-order valence-corrected chi connectivity index (χ0v) is 11.2. The molecule has 0 fully saturated rings. The van der Waals surface area contributed by atoms with Gasteiger partial charge in [-0.3, -0.25) is 9.69 Å². The first-order valence-corrected chi connectivity index (χ1v) is 6.79. The van der Waals surface area contributed by atoms with Crippen LogP contribution in [0.1, 0.15) is 17.7 Å². The first-order valence-electron chi connectivity index (χ1n) is 6.79. The Labute approximate surface area is 117 Å². The van der Waals surface area contributed by atoms with Gasteiger partial charge >= 0.3 is 5.97 Å². The van der Waals surface area contributed by atoms with E-state index in [0.717, 1.165) is 25.2 Å². The van der Waals surface area contributed by atoms with Crippen LogP contribution in [0.4, 0.5) is 0 Å². The lowest BCUT2D eigenvalue weighted by molar-refractivity contribution is -0.137. The molecule has 0 saturated carbocycles. The zero-order chi connectivity index (χ0) is 13.9. The van der Waals surface area contributed by atoms with Crippen LogP contribution in [0.5, 0.6) is 0 Å². The summed E-state index contributed by atoms with van der Waals surface area (Å²) < 4.78 is 1.99. The second-order valence-electron chi connectivity index (χ2n) is 5.03. The summed E-state index contributed by atoms with van der Waals surface area (Å²) >= 11 is 0. The highest BCUT2D eigenvalue weighted by Gasteiger charge is 2.21. The second kappa shape index (κ2) is 5.46. The number of aliphatic carboxylic acids is 1. The molecule has 5 heteroatoms. The minimum absolute atomic E-state index is 0.197. The van der Waals surface area contributed by atoms with Crippen molar-refractivity contribution in [1.82, 2.24) is 14.7 Å². The van der Waals surface area contributed by atoms with Gasteiger partial charge < -0.3 is 5.11 Å². The van der Waals surface area contributed by atoms with Gasteiger partial charge in [-0.05, 0) is 12.1 Å². The van der Waals surface area contributed by atoms with E-state index in [9.17, 15) is 4.79 Å². The fourth-order valence-electron chi connectivity index (χ4n) is 2.63. The summed E-state index contributed by atoms with van der Waals surface area (Å²) in [4.78, 5) is 12.8. The third-order valence-electron chi connectivity index (χ3n) is 3.66. The van der Waals surface area contributed by atoms with Crippen molar-refractivity contribution >= 4 is 5.97 Å². The number of hydrogen-bond acceptors (Lipinski definition) is 3. The number of fused-ring (bicyclic) bond motifs is 1. The molecule has 20 heavy (non-hydrogen) atoms. The Hall–Kier alpha value is -2.14. The van der Waals surface area contributed by atoms with Crippen molar-refractivity contribution in [2.24, 2.45) is 0 Å². The predicted octanol–water partition coefficient (Wildman–Crippen LogP) is 1.71. The lowest BCUT2D eigenvalue weighted by Crippen LogP contribution is -2.32. The lowest BCUT2D eigenvalue weighted by Gasteiger charge is -2.26. The molecular formula is C15H17N3O2. The Morgan fingerprint density at radius 2 is 2.10 bits per heavy atom. The number of carboxylic acids is 1. The van der Waals surface area contributed by atoms with E-state index in [1.54, 1.807) is 0 Å². The minimum Gasteiger partial charge on any atom is -0.481 e. The topological polar surface area (TPSA) is 58.4 Å².